The van der Waals surface area contributed by atoms with Crippen molar-refractivity contribution in [2.24, 2.45) is 0 Å². The summed E-state index contributed by atoms with van der Waals surface area (Å²) in [6.07, 6.45) is 14.7. The monoisotopic (exact) mass is 280 g/mol. The van der Waals surface area contributed by atoms with Gasteiger partial charge in [-0.15, -0.1) is 0 Å². The highest BCUT2D eigenvalue weighted by Crippen LogP contribution is 2.37. The third kappa shape index (κ3) is 5.61. The summed E-state index contributed by atoms with van der Waals surface area (Å²) in [6.45, 7) is 10.7. The molecule has 1 heterocycles. The second-order valence-electron chi connectivity index (χ2n) is 6.95. The molecule has 116 valence electrons. The number of allylic oxidation sites excluding steroid dienone is 2. The Morgan fingerprint density at radius 3 is 1.95 bits per heavy atom. The van der Waals surface area contributed by atoms with Crippen molar-refractivity contribution in [2.45, 2.75) is 97.1 Å². The molecule has 0 radical (unpaired) electrons. The fourth-order valence-corrected chi connectivity index (χ4v) is 2.43. The van der Waals surface area contributed by atoms with Gasteiger partial charge >= 0.3 is 7.12 Å². The minimum Gasteiger partial charge on any atom is -0.403 e. The highest BCUT2D eigenvalue weighted by Gasteiger charge is 2.50. The molecule has 0 bridgehead atoms. The summed E-state index contributed by atoms with van der Waals surface area (Å²) in [6, 6.07) is 0. The molecule has 0 aliphatic carbocycles. The van der Waals surface area contributed by atoms with Gasteiger partial charge in [0.05, 0.1) is 11.2 Å². The summed E-state index contributed by atoms with van der Waals surface area (Å²) in [7, 11) is -0.0826. The number of hydrogen-bond donors (Lipinski definition) is 0. The second-order valence-corrected chi connectivity index (χ2v) is 6.95. The highest BCUT2D eigenvalue weighted by molar-refractivity contribution is 6.46. The lowest BCUT2D eigenvalue weighted by Crippen LogP contribution is -2.41. The molecule has 1 rings (SSSR count). The summed E-state index contributed by atoms with van der Waals surface area (Å²) < 4.78 is 11.9. The predicted molar refractivity (Wildman–Crippen MR) is 88.0 cm³/mol. The van der Waals surface area contributed by atoms with Crippen LogP contribution in [0.15, 0.2) is 12.2 Å². The summed E-state index contributed by atoms with van der Waals surface area (Å²) in [5, 5.41) is 0. The van der Waals surface area contributed by atoms with E-state index in [9.17, 15) is 0 Å². The second kappa shape index (κ2) is 8.24. The molecular weight excluding hydrogens is 247 g/mol. The Labute approximate surface area is 126 Å². The fraction of sp³-hybridized carbons (Fsp3) is 0.882. The molecule has 2 nitrogen and oxygen atoms in total. The van der Waals surface area contributed by atoms with Crippen LogP contribution in [0, 0.1) is 0 Å². The van der Waals surface area contributed by atoms with Crippen LogP contribution >= 0.6 is 0 Å². The van der Waals surface area contributed by atoms with Crippen molar-refractivity contribution in [1.82, 2.24) is 0 Å². The fourth-order valence-electron chi connectivity index (χ4n) is 2.43. The van der Waals surface area contributed by atoms with Crippen molar-refractivity contribution >= 4 is 7.12 Å². The molecule has 1 aliphatic heterocycles. The van der Waals surface area contributed by atoms with Gasteiger partial charge in [-0.3, -0.25) is 0 Å². The average Bonchev–Trinajstić information content (AvgIpc) is 2.56. The zero-order valence-electron chi connectivity index (χ0n) is 14.2. The SMILES string of the molecule is CCCCCCCC/C=C\CB1OC(C)(C)C(C)(C)O1. The van der Waals surface area contributed by atoms with Gasteiger partial charge in [0.25, 0.3) is 0 Å². The van der Waals surface area contributed by atoms with Crippen molar-refractivity contribution in [3.8, 4) is 0 Å². The lowest BCUT2D eigenvalue weighted by molar-refractivity contribution is 0.00578. The molecule has 0 spiro atoms. The van der Waals surface area contributed by atoms with E-state index < -0.39 is 0 Å². The molecule has 0 saturated carbocycles. The zero-order chi connectivity index (χ0) is 15.1. The van der Waals surface area contributed by atoms with E-state index in [0.29, 0.717) is 0 Å². The van der Waals surface area contributed by atoms with Gasteiger partial charge in [0.15, 0.2) is 0 Å². The summed E-state index contributed by atoms with van der Waals surface area (Å²) >= 11 is 0. The average molecular weight is 280 g/mol. The summed E-state index contributed by atoms with van der Waals surface area (Å²) in [5.74, 6) is 0. The van der Waals surface area contributed by atoms with Crippen LogP contribution in [0.3, 0.4) is 0 Å². The van der Waals surface area contributed by atoms with Crippen LogP contribution in [0.1, 0.15) is 79.6 Å². The molecule has 20 heavy (non-hydrogen) atoms. The van der Waals surface area contributed by atoms with Crippen LogP contribution in [0.25, 0.3) is 0 Å². The maximum atomic E-state index is 5.96. The quantitative estimate of drug-likeness (QED) is 0.320. The van der Waals surface area contributed by atoms with Crippen LogP contribution in [0.4, 0.5) is 0 Å². The minimum absolute atomic E-state index is 0.0826. The standard InChI is InChI=1S/C17H33BO2/c1-6-7-8-9-10-11-12-13-14-15-18-19-16(2,3)17(4,5)20-18/h13-14H,6-12,15H2,1-5H3/b14-13-. The number of rotatable bonds is 9. The molecule has 3 heteroatoms. The van der Waals surface area contributed by atoms with Gasteiger partial charge in [0.1, 0.15) is 0 Å². The van der Waals surface area contributed by atoms with E-state index in [0.717, 1.165) is 6.32 Å². The van der Waals surface area contributed by atoms with Gasteiger partial charge in [-0.2, -0.15) is 0 Å². The minimum atomic E-state index is -0.204. The van der Waals surface area contributed by atoms with Gasteiger partial charge < -0.3 is 9.31 Å². The van der Waals surface area contributed by atoms with Gasteiger partial charge in [0, 0.05) is 6.32 Å². The van der Waals surface area contributed by atoms with Crippen molar-refractivity contribution < 1.29 is 9.31 Å². The smallest absolute Gasteiger partial charge is 0.403 e. The highest BCUT2D eigenvalue weighted by atomic mass is 16.7. The van der Waals surface area contributed by atoms with E-state index in [1.165, 1.54) is 44.9 Å². The first-order chi connectivity index (χ1) is 9.39. The molecular formula is C17H33BO2. The normalized spacial score (nSPS) is 20.9. The zero-order valence-corrected chi connectivity index (χ0v) is 14.2. The van der Waals surface area contributed by atoms with Crippen LogP contribution in [0.5, 0.6) is 0 Å². The molecule has 1 aliphatic rings. The predicted octanol–water partition coefficient (Wildman–Crippen LogP) is 5.39. The largest absolute Gasteiger partial charge is 0.461 e. The van der Waals surface area contributed by atoms with Gasteiger partial charge in [-0.05, 0) is 40.5 Å². The van der Waals surface area contributed by atoms with Gasteiger partial charge in [-0.25, -0.2) is 0 Å². The first-order valence-corrected chi connectivity index (χ1v) is 8.39. The third-order valence-corrected chi connectivity index (χ3v) is 4.52. The summed E-state index contributed by atoms with van der Waals surface area (Å²) in [4.78, 5) is 0. The molecule has 1 fully saturated rings. The maximum absolute atomic E-state index is 5.96. The van der Waals surface area contributed by atoms with Crippen LogP contribution in [-0.4, -0.2) is 18.3 Å². The Morgan fingerprint density at radius 2 is 1.35 bits per heavy atom. The van der Waals surface area contributed by atoms with Crippen LogP contribution in [-0.2, 0) is 9.31 Å². The number of unbranched alkanes of at least 4 members (excludes halogenated alkanes) is 6. The Bertz CT molecular complexity index is 281. The topological polar surface area (TPSA) is 18.5 Å². The lowest BCUT2D eigenvalue weighted by Gasteiger charge is -2.32. The molecule has 0 amide bonds. The molecule has 0 aromatic heterocycles. The molecule has 0 N–H and O–H groups in total. The molecule has 0 aromatic rings. The van der Waals surface area contributed by atoms with Crippen molar-refractivity contribution in [3.63, 3.8) is 0 Å². The Hall–Kier alpha value is -0.275. The summed E-state index contributed by atoms with van der Waals surface area (Å²) in [5.41, 5.74) is -0.407. The van der Waals surface area contributed by atoms with E-state index in [2.05, 4.69) is 46.8 Å². The molecule has 0 atom stereocenters. The van der Waals surface area contributed by atoms with Crippen molar-refractivity contribution in [2.75, 3.05) is 0 Å². The van der Waals surface area contributed by atoms with Crippen molar-refractivity contribution in [3.05, 3.63) is 12.2 Å². The lowest BCUT2D eigenvalue weighted by atomic mass is 9.85. The van der Waals surface area contributed by atoms with Crippen LogP contribution < -0.4 is 0 Å². The van der Waals surface area contributed by atoms with Gasteiger partial charge in [-0.1, -0.05) is 51.2 Å². The maximum Gasteiger partial charge on any atom is 0.461 e. The van der Waals surface area contributed by atoms with E-state index in [4.69, 9.17) is 9.31 Å². The Morgan fingerprint density at radius 1 is 0.800 bits per heavy atom. The molecule has 0 unspecified atom stereocenters. The van der Waals surface area contributed by atoms with Crippen molar-refractivity contribution in [1.29, 1.82) is 0 Å². The molecule has 0 aromatic carbocycles. The Kier molecular flexibility index (Phi) is 7.32. The third-order valence-electron chi connectivity index (χ3n) is 4.52. The first-order valence-electron chi connectivity index (χ1n) is 8.39. The van der Waals surface area contributed by atoms with E-state index >= 15 is 0 Å². The first kappa shape index (κ1) is 17.8. The van der Waals surface area contributed by atoms with Gasteiger partial charge in [0.2, 0.25) is 0 Å². The van der Waals surface area contributed by atoms with E-state index in [1.54, 1.807) is 0 Å². The number of hydrogen-bond acceptors (Lipinski definition) is 2. The van der Waals surface area contributed by atoms with E-state index in [-0.39, 0.29) is 18.3 Å². The molecule has 1 saturated heterocycles. The Balaban J connectivity index is 2.08. The van der Waals surface area contributed by atoms with Crippen LogP contribution in [0.2, 0.25) is 6.32 Å². The van der Waals surface area contributed by atoms with E-state index in [1.807, 2.05) is 0 Å².